The zero-order valence-electron chi connectivity index (χ0n) is 14.2. The minimum atomic E-state index is -1.15. The largest absolute Gasteiger partial charge is 0.480 e. The summed E-state index contributed by atoms with van der Waals surface area (Å²) in [6.45, 7) is 3.58. The van der Waals surface area contributed by atoms with E-state index in [1.54, 1.807) is 12.1 Å². The van der Waals surface area contributed by atoms with Gasteiger partial charge in [-0.05, 0) is 30.5 Å². The van der Waals surface area contributed by atoms with E-state index in [0.717, 1.165) is 24.8 Å². The number of aliphatic carboxylic acids is 1. The van der Waals surface area contributed by atoms with Crippen molar-refractivity contribution in [2.75, 3.05) is 13.2 Å². The first-order valence-corrected chi connectivity index (χ1v) is 8.48. The van der Waals surface area contributed by atoms with Gasteiger partial charge in [0.1, 0.15) is 5.82 Å². The molecule has 1 unspecified atom stereocenters. The van der Waals surface area contributed by atoms with Gasteiger partial charge in [0, 0.05) is 0 Å². The van der Waals surface area contributed by atoms with Crippen LogP contribution in [0.2, 0.25) is 0 Å². The predicted molar refractivity (Wildman–Crippen MR) is 91.7 cm³/mol. The highest BCUT2D eigenvalue weighted by Gasteiger charge is 2.42. The van der Waals surface area contributed by atoms with Gasteiger partial charge in [0.05, 0.1) is 18.6 Å². The van der Waals surface area contributed by atoms with Crippen molar-refractivity contribution < 1.29 is 23.8 Å². The molecule has 6 heteroatoms. The molecular formula is C19H24FNO4. The minimum absolute atomic E-state index is 0.132. The zero-order valence-corrected chi connectivity index (χ0v) is 14.2. The van der Waals surface area contributed by atoms with Crippen LogP contribution in [0.5, 0.6) is 0 Å². The number of carboxylic acids is 1. The lowest BCUT2D eigenvalue weighted by Gasteiger charge is -2.37. The summed E-state index contributed by atoms with van der Waals surface area (Å²) in [6.07, 6.45) is 5.52. The maximum Gasteiger partial charge on any atom is 0.328 e. The molecule has 0 saturated heterocycles. The van der Waals surface area contributed by atoms with E-state index in [1.165, 1.54) is 18.2 Å². The van der Waals surface area contributed by atoms with Gasteiger partial charge in [0.25, 0.3) is 0 Å². The Bertz CT molecular complexity index is 608. The molecule has 0 spiro atoms. The summed E-state index contributed by atoms with van der Waals surface area (Å²) in [5.74, 6) is -1.85. The van der Waals surface area contributed by atoms with Crippen molar-refractivity contribution in [2.45, 2.75) is 43.6 Å². The molecule has 0 aromatic heterocycles. The Balaban J connectivity index is 2.21. The predicted octanol–water partition coefficient (Wildman–Crippen LogP) is 2.80. The molecule has 1 saturated carbocycles. The fraction of sp³-hybridized carbons (Fsp3) is 0.474. The summed E-state index contributed by atoms with van der Waals surface area (Å²) in [6, 6.07) is 4.77. The molecule has 2 rings (SSSR count). The van der Waals surface area contributed by atoms with Crippen LogP contribution in [0.3, 0.4) is 0 Å². The van der Waals surface area contributed by atoms with Crippen LogP contribution in [0.25, 0.3) is 0 Å². The van der Waals surface area contributed by atoms with Gasteiger partial charge in [-0.2, -0.15) is 0 Å². The fourth-order valence-corrected chi connectivity index (χ4v) is 3.31. The highest BCUT2D eigenvalue weighted by Crippen LogP contribution is 2.39. The molecule has 5 nitrogen and oxygen atoms in total. The van der Waals surface area contributed by atoms with E-state index in [-0.39, 0.29) is 24.9 Å². The Kier molecular flexibility index (Phi) is 6.70. The van der Waals surface area contributed by atoms with E-state index in [1.807, 2.05) is 0 Å². The summed E-state index contributed by atoms with van der Waals surface area (Å²) in [4.78, 5) is 24.4. The molecule has 0 radical (unpaired) electrons. The van der Waals surface area contributed by atoms with Crippen molar-refractivity contribution in [1.82, 2.24) is 5.32 Å². The SMILES string of the molecule is C=CCOCC(NC(=O)C1(c2ccc(F)cc2)CCCCC1)C(=O)O. The van der Waals surface area contributed by atoms with E-state index >= 15 is 0 Å². The number of carboxylic acid groups (broad SMARTS) is 1. The number of benzene rings is 1. The maximum atomic E-state index is 13.3. The first-order valence-electron chi connectivity index (χ1n) is 8.48. The topological polar surface area (TPSA) is 75.6 Å². The van der Waals surface area contributed by atoms with E-state index in [9.17, 15) is 19.1 Å². The highest BCUT2D eigenvalue weighted by atomic mass is 19.1. The van der Waals surface area contributed by atoms with Gasteiger partial charge in [0.15, 0.2) is 6.04 Å². The fourth-order valence-electron chi connectivity index (χ4n) is 3.31. The molecule has 1 aliphatic carbocycles. The number of nitrogens with one attached hydrogen (secondary N) is 1. The van der Waals surface area contributed by atoms with Gasteiger partial charge in [-0.15, -0.1) is 6.58 Å². The molecule has 0 heterocycles. The van der Waals surface area contributed by atoms with Crippen LogP contribution in [0.4, 0.5) is 4.39 Å². The number of amides is 1. The van der Waals surface area contributed by atoms with Crippen molar-refractivity contribution in [3.05, 3.63) is 48.3 Å². The number of halogens is 1. The second-order valence-electron chi connectivity index (χ2n) is 6.34. The number of hydrogen-bond donors (Lipinski definition) is 2. The maximum absolute atomic E-state index is 13.3. The number of carbonyl (C=O) groups excluding carboxylic acids is 1. The van der Waals surface area contributed by atoms with Gasteiger partial charge in [-0.3, -0.25) is 4.79 Å². The van der Waals surface area contributed by atoms with Gasteiger partial charge >= 0.3 is 5.97 Å². The molecule has 1 fully saturated rings. The molecule has 1 aromatic rings. The first-order chi connectivity index (χ1) is 12.0. The lowest BCUT2D eigenvalue weighted by Crippen LogP contribution is -2.53. The van der Waals surface area contributed by atoms with Crippen LogP contribution in [0.1, 0.15) is 37.7 Å². The molecular weight excluding hydrogens is 325 g/mol. The van der Waals surface area contributed by atoms with Crippen molar-refractivity contribution in [3.63, 3.8) is 0 Å². The summed E-state index contributed by atoms with van der Waals surface area (Å²) >= 11 is 0. The van der Waals surface area contributed by atoms with E-state index < -0.39 is 17.4 Å². The molecule has 0 bridgehead atoms. The van der Waals surface area contributed by atoms with Gasteiger partial charge < -0.3 is 15.2 Å². The minimum Gasteiger partial charge on any atom is -0.480 e. The lowest BCUT2D eigenvalue weighted by molar-refractivity contribution is -0.144. The van der Waals surface area contributed by atoms with E-state index in [0.29, 0.717) is 12.8 Å². The Morgan fingerprint density at radius 3 is 2.48 bits per heavy atom. The van der Waals surface area contributed by atoms with Gasteiger partial charge in [-0.1, -0.05) is 37.5 Å². The van der Waals surface area contributed by atoms with Crippen LogP contribution < -0.4 is 5.32 Å². The normalized spacial score (nSPS) is 17.5. The number of carbonyl (C=O) groups is 2. The molecule has 1 amide bonds. The molecule has 0 aliphatic heterocycles. The zero-order chi connectivity index (χ0) is 18.3. The third kappa shape index (κ3) is 4.66. The molecule has 136 valence electrons. The summed E-state index contributed by atoms with van der Waals surface area (Å²) in [5, 5.41) is 11.9. The van der Waals surface area contributed by atoms with Crippen LogP contribution in [-0.2, 0) is 19.7 Å². The second-order valence-corrected chi connectivity index (χ2v) is 6.34. The summed E-state index contributed by atoms with van der Waals surface area (Å²) in [7, 11) is 0. The van der Waals surface area contributed by atoms with Crippen LogP contribution in [0.15, 0.2) is 36.9 Å². The smallest absolute Gasteiger partial charge is 0.328 e. The highest BCUT2D eigenvalue weighted by molar-refractivity contribution is 5.91. The van der Waals surface area contributed by atoms with E-state index in [4.69, 9.17) is 4.74 Å². The number of hydrogen-bond acceptors (Lipinski definition) is 3. The van der Waals surface area contributed by atoms with Crippen LogP contribution >= 0.6 is 0 Å². The van der Waals surface area contributed by atoms with Crippen molar-refractivity contribution in [3.8, 4) is 0 Å². The third-order valence-electron chi connectivity index (χ3n) is 4.66. The van der Waals surface area contributed by atoms with Crippen molar-refractivity contribution in [1.29, 1.82) is 0 Å². The first kappa shape index (κ1) is 19.1. The average molecular weight is 349 g/mol. The monoisotopic (exact) mass is 349 g/mol. The van der Waals surface area contributed by atoms with Crippen LogP contribution in [0, 0.1) is 5.82 Å². The molecule has 2 N–H and O–H groups in total. The quantitative estimate of drug-likeness (QED) is 0.559. The van der Waals surface area contributed by atoms with Crippen molar-refractivity contribution in [2.24, 2.45) is 0 Å². The molecule has 25 heavy (non-hydrogen) atoms. The summed E-state index contributed by atoms with van der Waals surface area (Å²) in [5.41, 5.74) is -0.0970. The van der Waals surface area contributed by atoms with Crippen LogP contribution in [-0.4, -0.2) is 36.2 Å². The lowest BCUT2D eigenvalue weighted by atomic mass is 9.68. The Hall–Kier alpha value is -2.21. The Morgan fingerprint density at radius 2 is 1.92 bits per heavy atom. The summed E-state index contributed by atoms with van der Waals surface area (Å²) < 4.78 is 18.5. The molecule has 1 aliphatic rings. The molecule has 1 aromatic carbocycles. The number of ether oxygens (including phenoxy) is 1. The Labute approximate surface area is 146 Å². The van der Waals surface area contributed by atoms with Crippen molar-refractivity contribution >= 4 is 11.9 Å². The Morgan fingerprint density at radius 1 is 1.28 bits per heavy atom. The second kappa shape index (κ2) is 8.76. The molecule has 1 atom stereocenters. The van der Waals surface area contributed by atoms with Gasteiger partial charge in [-0.25, -0.2) is 9.18 Å². The van der Waals surface area contributed by atoms with E-state index in [2.05, 4.69) is 11.9 Å². The average Bonchev–Trinajstić information content (AvgIpc) is 2.62. The third-order valence-corrected chi connectivity index (χ3v) is 4.66. The van der Waals surface area contributed by atoms with Gasteiger partial charge in [0.2, 0.25) is 5.91 Å². The standard InChI is InChI=1S/C19H24FNO4/c1-2-12-25-13-16(17(22)23)21-18(24)19(10-4-3-5-11-19)14-6-8-15(20)9-7-14/h2,6-9,16H,1,3-5,10-13H2,(H,21,24)(H,22,23). The number of rotatable bonds is 8.